The molecule has 0 aliphatic heterocycles. The molecule has 2 N–H and O–H groups in total. The lowest BCUT2D eigenvalue weighted by molar-refractivity contribution is 0.0696. The van der Waals surface area contributed by atoms with Crippen LogP contribution in [0.5, 0.6) is 0 Å². The van der Waals surface area contributed by atoms with Crippen molar-refractivity contribution in [1.29, 1.82) is 0 Å². The number of hydrogen-bond donors (Lipinski definition) is 2. The molecule has 0 radical (unpaired) electrons. The highest BCUT2D eigenvalue weighted by atomic mass is 35.5. The molecule has 0 amide bonds. The molecule has 0 aromatic heterocycles. The normalized spacial score (nSPS) is 11.2. The van der Waals surface area contributed by atoms with E-state index in [1.165, 1.54) is 18.2 Å². The maximum absolute atomic E-state index is 11.1. The van der Waals surface area contributed by atoms with Gasteiger partial charge in [0.2, 0.25) is 0 Å². The van der Waals surface area contributed by atoms with Crippen molar-refractivity contribution in [3.8, 4) is 0 Å². The maximum atomic E-state index is 11.1. The van der Waals surface area contributed by atoms with Crippen molar-refractivity contribution in [2.75, 3.05) is 0 Å². The molecule has 1 rings (SSSR count). The van der Waals surface area contributed by atoms with Crippen molar-refractivity contribution in [3.05, 3.63) is 29.8 Å². The Labute approximate surface area is 85.5 Å². The van der Waals surface area contributed by atoms with Gasteiger partial charge in [0.1, 0.15) is 0 Å². The lowest BCUT2D eigenvalue weighted by Crippen LogP contribution is -2.14. The zero-order valence-corrected chi connectivity index (χ0v) is 8.34. The summed E-state index contributed by atoms with van der Waals surface area (Å²) in [6.45, 7) is 0. The second-order valence-corrected chi connectivity index (χ2v) is 4.51. The Hall–Kier alpha value is -1.11. The number of aromatic carboxylic acids is 1. The van der Waals surface area contributed by atoms with E-state index in [0.29, 0.717) is 0 Å². The fraction of sp³-hybridized carbons (Fsp3) is 0. The quantitative estimate of drug-likeness (QED) is 0.760. The summed E-state index contributed by atoms with van der Waals surface area (Å²) in [5, 5.41) is 8.60. The highest BCUT2D eigenvalue weighted by Gasteiger charge is 2.14. The van der Waals surface area contributed by atoms with E-state index in [4.69, 9.17) is 16.9 Å². The summed E-state index contributed by atoms with van der Waals surface area (Å²) in [4.78, 5) is 10.3. The highest BCUT2D eigenvalue weighted by molar-refractivity contribution is 7.90. The lowest BCUT2D eigenvalue weighted by atomic mass is 10.2. The fourth-order valence-corrected chi connectivity index (χ4v) is 1.74. The predicted molar refractivity (Wildman–Crippen MR) is 49.6 cm³/mol. The van der Waals surface area contributed by atoms with Crippen LogP contribution in [-0.2, 0) is 10.0 Å². The molecule has 0 fully saturated rings. The number of hydrogen-bond acceptors (Lipinski definition) is 3. The third-order valence-corrected chi connectivity index (χ3v) is 3.18. The molecule has 0 aliphatic rings. The second-order valence-electron chi connectivity index (χ2n) is 2.41. The van der Waals surface area contributed by atoms with Crippen LogP contribution >= 0.6 is 11.8 Å². The number of nitrogens with one attached hydrogen (secondary N) is 1. The first kappa shape index (κ1) is 11.0. The standard InChI is InChI=1S/C7H6ClNO4S/c8-9-14(12,13)6-3-1-2-5(4-6)7(10)11/h1-4,9H,(H,10,11). The van der Waals surface area contributed by atoms with Crippen LogP contribution in [0, 0.1) is 0 Å². The van der Waals surface area contributed by atoms with Gasteiger partial charge in [-0.15, -0.1) is 4.24 Å². The van der Waals surface area contributed by atoms with E-state index in [0.717, 1.165) is 6.07 Å². The molecule has 7 heteroatoms. The third kappa shape index (κ3) is 2.22. The summed E-state index contributed by atoms with van der Waals surface area (Å²) < 4.78 is 23.9. The van der Waals surface area contributed by atoms with Crippen molar-refractivity contribution in [2.24, 2.45) is 0 Å². The molecule has 0 spiro atoms. The van der Waals surface area contributed by atoms with Crippen LogP contribution in [-0.4, -0.2) is 19.5 Å². The minimum absolute atomic E-state index is 0.113. The topological polar surface area (TPSA) is 83.5 Å². The SMILES string of the molecule is O=C(O)c1cccc(S(=O)(=O)NCl)c1. The van der Waals surface area contributed by atoms with E-state index in [-0.39, 0.29) is 10.5 Å². The number of benzene rings is 1. The van der Waals surface area contributed by atoms with E-state index in [1.807, 2.05) is 0 Å². The zero-order valence-electron chi connectivity index (χ0n) is 6.77. The molecule has 0 aliphatic carbocycles. The van der Waals surface area contributed by atoms with Crippen LogP contribution < -0.4 is 4.24 Å². The summed E-state index contributed by atoms with van der Waals surface area (Å²) in [5.74, 6) is -1.20. The zero-order chi connectivity index (χ0) is 10.8. The van der Waals surface area contributed by atoms with Crippen LogP contribution in [0.25, 0.3) is 0 Å². The van der Waals surface area contributed by atoms with Crippen molar-refractivity contribution in [3.63, 3.8) is 0 Å². The summed E-state index contributed by atoms with van der Waals surface area (Å²) in [5.41, 5.74) is -0.113. The molecule has 14 heavy (non-hydrogen) atoms. The molecule has 0 heterocycles. The average molecular weight is 236 g/mol. The van der Waals surface area contributed by atoms with E-state index in [1.54, 1.807) is 4.24 Å². The number of carbonyl (C=O) groups is 1. The highest BCUT2D eigenvalue weighted by Crippen LogP contribution is 2.11. The van der Waals surface area contributed by atoms with E-state index < -0.39 is 16.0 Å². The maximum Gasteiger partial charge on any atom is 0.335 e. The Kier molecular flexibility index (Phi) is 3.10. The number of carboxylic acids is 1. The number of halogens is 1. The van der Waals surface area contributed by atoms with Crippen LogP contribution in [0.15, 0.2) is 29.2 Å². The van der Waals surface area contributed by atoms with Crippen LogP contribution in [0.3, 0.4) is 0 Å². The van der Waals surface area contributed by atoms with Gasteiger partial charge in [-0.2, -0.15) is 0 Å². The van der Waals surface area contributed by atoms with Gasteiger partial charge in [0.05, 0.1) is 10.5 Å². The minimum atomic E-state index is -3.80. The predicted octanol–water partition coefficient (Wildman–Crippen LogP) is 0.817. The Morgan fingerprint density at radius 2 is 2.07 bits per heavy atom. The van der Waals surface area contributed by atoms with Crippen LogP contribution in [0.2, 0.25) is 0 Å². The summed E-state index contributed by atoms with van der Waals surface area (Å²) >= 11 is 4.97. The van der Waals surface area contributed by atoms with Gasteiger partial charge < -0.3 is 5.11 Å². The van der Waals surface area contributed by atoms with Crippen LogP contribution in [0.4, 0.5) is 0 Å². The molecule has 5 nitrogen and oxygen atoms in total. The fourth-order valence-electron chi connectivity index (χ4n) is 0.841. The largest absolute Gasteiger partial charge is 0.478 e. The first-order chi connectivity index (χ1) is 6.47. The summed E-state index contributed by atoms with van der Waals surface area (Å²) in [7, 11) is -3.80. The molecule has 0 saturated carbocycles. The average Bonchev–Trinajstić information content (AvgIpc) is 2.18. The Morgan fingerprint density at radius 3 is 2.57 bits per heavy atom. The molecule has 1 aromatic carbocycles. The number of carboxylic acid groups (broad SMARTS) is 1. The minimum Gasteiger partial charge on any atom is -0.478 e. The van der Waals surface area contributed by atoms with Gasteiger partial charge in [-0.05, 0) is 30.0 Å². The van der Waals surface area contributed by atoms with E-state index >= 15 is 0 Å². The Balaban J connectivity index is 3.26. The van der Waals surface area contributed by atoms with Crippen molar-refractivity contribution < 1.29 is 18.3 Å². The van der Waals surface area contributed by atoms with Gasteiger partial charge in [0.15, 0.2) is 0 Å². The van der Waals surface area contributed by atoms with Gasteiger partial charge in [0.25, 0.3) is 10.0 Å². The van der Waals surface area contributed by atoms with E-state index in [9.17, 15) is 13.2 Å². The molecule has 0 atom stereocenters. The Bertz CT molecular complexity index is 457. The molecular weight excluding hydrogens is 230 g/mol. The van der Waals surface area contributed by atoms with Gasteiger partial charge in [-0.3, -0.25) is 0 Å². The van der Waals surface area contributed by atoms with Crippen molar-refractivity contribution >= 4 is 27.8 Å². The lowest BCUT2D eigenvalue weighted by Gasteiger charge is -2.01. The number of sulfonamides is 1. The first-order valence-electron chi connectivity index (χ1n) is 3.43. The molecule has 0 bridgehead atoms. The third-order valence-electron chi connectivity index (χ3n) is 1.49. The van der Waals surface area contributed by atoms with Crippen molar-refractivity contribution in [2.45, 2.75) is 4.90 Å². The molecule has 76 valence electrons. The van der Waals surface area contributed by atoms with Gasteiger partial charge in [-0.25, -0.2) is 13.2 Å². The molecule has 1 aromatic rings. The monoisotopic (exact) mass is 235 g/mol. The van der Waals surface area contributed by atoms with Crippen LogP contribution in [0.1, 0.15) is 10.4 Å². The summed E-state index contributed by atoms with van der Waals surface area (Å²) in [6.07, 6.45) is 0. The first-order valence-corrected chi connectivity index (χ1v) is 5.29. The molecule has 0 unspecified atom stereocenters. The van der Waals surface area contributed by atoms with Gasteiger partial charge in [-0.1, -0.05) is 6.07 Å². The second kappa shape index (κ2) is 3.95. The number of rotatable bonds is 3. The smallest absolute Gasteiger partial charge is 0.335 e. The summed E-state index contributed by atoms with van der Waals surface area (Å²) in [6, 6.07) is 4.88. The van der Waals surface area contributed by atoms with E-state index in [2.05, 4.69) is 0 Å². The van der Waals surface area contributed by atoms with Gasteiger partial charge >= 0.3 is 5.97 Å². The molecular formula is C7H6ClNO4S. The Morgan fingerprint density at radius 1 is 1.43 bits per heavy atom. The molecule has 0 saturated heterocycles. The van der Waals surface area contributed by atoms with Gasteiger partial charge in [0, 0.05) is 0 Å². The van der Waals surface area contributed by atoms with Crippen molar-refractivity contribution in [1.82, 2.24) is 4.24 Å².